The molecule has 5 nitrogen and oxygen atoms in total. The molecule has 1 fully saturated rings. The summed E-state index contributed by atoms with van der Waals surface area (Å²) in [5.74, 6) is -0.0430. The van der Waals surface area contributed by atoms with Gasteiger partial charge in [-0.25, -0.2) is 9.18 Å². The van der Waals surface area contributed by atoms with Gasteiger partial charge in [0, 0.05) is 12.6 Å². The molecule has 0 saturated heterocycles. The standard InChI is InChI=1S/C18H27FN2O3/c1-13(2)24-16-8-7-14(19)11-15(16)21-17(22)20-12-18(23)9-5-3-4-6-10-18/h7-8,11,13,23H,3-6,9-10,12H2,1-2H3,(H2,20,21,22). The van der Waals surface area contributed by atoms with E-state index >= 15 is 0 Å². The first kappa shape index (κ1) is 18.5. The number of rotatable bonds is 5. The van der Waals surface area contributed by atoms with E-state index in [0.29, 0.717) is 18.6 Å². The number of ether oxygens (including phenoxy) is 1. The maximum absolute atomic E-state index is 13.5. The van der Waals surface area contributed by atoms with Crippen LogP contribution in [0.2, 0.25) is 0 Å². The smallest absolute Gasteiger partial charge is 0.319 e. The number of amides is 2. The van der Waals surface area contributed by atoms with Gasteiger partial charge in [0.2, 0.25) is 0 Å². The molecular formula is C18H27FN2O3. The van der Waals surface area contributed by atoms with Crippen LogP contribution in [-0.4, -0.2) is 29.4 Å². The van der Waals surface area contributed by atoms with Gasteiger partial charge in [-0.3, -0.25) is 0 Å². The molecule has 0 aromatic heterocycles. The maximum atomic E-state index is 13.5. The van der Waals surface area contributed by atoms with Crippen molar-refractivity contribution in [3.63, 3.8) is 0 Å². The molecule has 0 aliphatic heterocycles. The van der Waals surface area contributed by atoms with E-state index in [9.17, 15) is 14.3 Å². The summed E-state index contributed by atoms with van der Waals surface area (Å²) in [7, 11) is 0. The van der Waals surface area contributed by atoms with E-state index in [1.165, 1.54) is 18.2 Å². The number of aliphatic hydroxyl groups is 1. The van der Waals surface area contributed by atoms with Gasteiger partial charge in [-0.2, -0.15) is 0 Å². The molecule has 0 unspecified atom stereocenters. The average Bonchev–Trinajstić information content (AvgIpc) is 2.73. The van der Waals surface area contributed by atoms with Crippen LogP contribution in [0, 0.1) is 5.82 Å². The van der Waals surface area contributed by atoms with Crippen LogP contribution in [0.25, 0.3) is 0 Å². The number of benzene rings is 1. The number of hydrogen-bond acceptors (Lipinski definition) is 3. The van der Waals surface area contributed by atoms with Crippen molar-refractivity contribution >= 4 is 11.7 Å². The Bertz CT molecular complexity index is 555. The van der Waals surface area contributed by atoms with Crippen LogP contribution in [0.3, 0.4) is 0 Å². The summed E-state index contributed by atoms with van der Waals surface area (Å²) < 4.78 is 19.0. The molecule has 0 spiro atoms. The second-order valence-corrected chi connectivity index (χ2v) is 6.75. The van der Waals surface area contributed by atoms with Gasteiger partial charge in [0.05, 0.1) is 17.4 Å². The predicted molar refractivity (Wildman–Crippen MR) is 91.8 cm³/mol. The Hall–Kier alpha value is -1.82. The fourth-order valence-electron chi connectivity index (χ4n) is 2.93. The Labute approximate surface area is 142 Å². The molecule has 1 aromatic rings. The van der Waals surface area contributed by atoms with Crippen LogP contribution >= 0.6 is 0 Å². The third kappa shape index (κ3) is 5.67. The largest absolute Gasteiger partial charge is 0.489 e. The summed E-state index contributed by atoms with van der Waals surface area (Å²) in [5, 5.41) is 15.9. The first-order chi connectivity index (χ1) is 11.4. The maximum Gasteiger partial charge on any atom is 0.319 e. The minimum Gasteiger partial charge on any atom is -0.489 e. The highest BCUT2D eigenvalue weighted by Crippen LogP contribution is 2.28. The van der Waals surface area contributed by atoms with Gasteiger partial charge in [-0.15, -0.1) is 0 Å². The second kappa shape index (κ2) is 8.33. The van der Waals surface area contributed by atoms with Crippen molar-refractivity contribution in [3.8, 4) is 5.75 Å². The van der Waals surface area contributed by atoms with Crippen molar-refractivity contribution in [1.82, 2.24) is 5.32 Å². The molecule has 2 amide bonds. The highest BCUT2D eigenvalue weighted by Gasteiger charge is 2.28. The van der Waals surface area contributed by atoms with E-state index in [4.69, 9.17) is 4.74 Å². The molecule has 6 heteroatoms. The molecule has 0 radical (unpaired) electrons. The SMILES string of the molecule is CC(C)Oc1ccc(F)cc1NC(=O)NCC1(O)CCCCCC1. The predicted octanol–water partition coefficient (Wildman–Crippen LogP) is 3.82. The van der Waals surface area contributed by atoms with Crippen molar-refractivity contribution in [2.24, 2.45) is 0 Å². The molecule has 0 heterocycles. The first-order valence-corrected chi connectivity index (χ1v) is 8.61. The van der Waals surface area contributed by atoms with Crippen LogP contribution < -0.4 is 15.4 Å². The van der Waals surface area contributed by atoms with E-state index < -0.39 is 17.4 Å². The fourth-order valence-corrected chi connectivity index (χ4v) is 2.93. The Balaban J connectivity index is 1.95. The Morgan fingerprint density at radius 3 is 2.58 bits per heavy atom. The van der Waals surface area contributed by atoms with Gasteiger partial charge in [0.15, 0.2) is 0 Å². The molecule has 2 rings (SSSR count). The molecule has 1 saturated carbocycles. The van der Waals surface area contributed by atoms with E-state index in [0.717, 1.165) is 25.7 Å². The van der Waals surface area contributed by atoms with Gasteiger partial charge in [0.1, 0.15) is 11.6 Å². The molecule has 1 aliphatic carbocycles. The lowest BCUT2D eigenvalue weighted by Crippen LogP contribution is -2.44. The van der Waals surface area contributed by atoms with Crippen molar-refractivity contribution in [1.29, 1.82) is 0 Å². The van der Waals surface area contributed by atoms with Gasteiger partial charge in [-0.1, -0.05) is 25.7 Å². The molecule has 1 aliphatic rings. The van der Waals surface area contributed by atoms with E-state index in [-0.39, 0.29) is 18.3 Å². The Morgan fingerprint density at radius 1 is 1.29 bits per heavy atom. The quantitative estimate of drug-likeness (QED) is 0.715. The average molecular weight is 338 g/mol. The van der Waals surface area contributed by atoms with Gasteiger partial charge in [0.25, 0.3) is 0 Å². The molecule has 3 N–H and O–H groups in total. The van der Waals surface area contributed by atoms with Crippen molar-refractivity contribution in [3.05, 3.63) is 24.0 Å². The first-order valence-electron chi connectivity index (χ1n) is 8.61. The van der Waals surface area contributed by atoms with Crippen LogP contribution in [0.4, 0.5) is 14.9 Å². The van der Waals surface area contributed by atoms with Crippen LogP contribution in [0.1, 0.15) is 52.4 Å². The summed E-state index contributed by atoms with van der Waals surface area (Å²) in [6, 6.07) is 3.52. The highest BCUT2D eigenvalue weighted by molar-refractivity contribution is 5.90. The van der Waals surface area contributed by atoms with E-state index in [1.54, 1.807) is 0 Å². The van der Waals surface area contributed by atoms with E-state index in [1.807, 2.05) is 13.8 Å². The van der Waals surface area contributed by atoms with Crippen LogP contribution in [-0.2, 0) is 0 Å². The molecular weight excluding hydrogens is 311 g/mol. The van der Waals surface area contributed by atoms with Crippen molar-refractivity contribution in [2.45, 2.75) is 64.1 Å². The summed E-state index contributed by atoms with van der Waals surface area (Å²) in [4.78, 5) is 12.1. The van der Waals surface area contributed by atoms with Gasteiger partial charge >= 0.3 is 6.03 Å². The Kier molecular flexibility index (Phi) is 6.43. The normalized spacial score (nSPS) is 17.2. The van der Waals surface area contributed by atoms with E-state index in [2.05, 4.69) is 10.6 Å². The summed E-state index contributed by atoms with van der Waals surface area (Å²) in [6.07, 6.45) is 5.46. The minimum atomic E-state index is -0.854. The number of halogens is 1. The zero-order valence-corrected chi connectivity index (χ0v) is 14.4. The fraction of sp³-hybridized carbons (Fsp3) is 0.611. The highest BCUT2D eigenvalue weighted by atomic mass is 19.1. The topological polar surface area (TPSA) is 70.6 Å². The lowest BCUT2D eigenvalue weighted by molar-refractivity contribution is 0.0281. The summed E-state index contributed by atoms with van der Waals surface area (Å²) in [6.45, 7) is 3.90. The molecule has 24 heavy (non-hydrogen) atoms. The number of urea groups is 1. The van der Waals surface area contributed by atoms with Gasteiger partial charge in [-0.05, 0) is 38.8 Å². The lowest BCUT2D eigenvalue weighted by Gasteiger charge is -2.27. The second-order valence-electron chi connectivity index (χ2n) is 6.75. The van der Waals surface area contributed by atoms with Crippen molar-refractivity contribution < 1.29 is 19.0 Å². The molecule has 1 aromatic carbocycles. The monoisotopic (exact) mass is 338 g/mol. The third-order valence-corrected chi connectivity index (χ3v) is 4.16. The number of nitrogens with one attached hydrogen (secondary N) is 2. The third-order valence-electron chi connectivity index (χ3n) is 4.16. The molecule has 134 valence electrons. The Morgan fingerprint density at radius 2 is 1.96 bits per heavy atom. The van der Waals surface area contributed by atoms with Crippen LogP contribution in [0.5, 0.6) is 5.75 Å². The summed E-state index contributed by atoms with van der Waals surface area (Å²) >= 11 is 0. The number of anilines is 1. The van der Waals surface area contributed by atoms with Crippen LogP contribution in [0.15, 0.2) is 18.2 Å². The minimum absolute atomic E-state index is 0.0919. The molecule has 0 bridgehead atoms. The number of carbonyl (C=O) groups excluding carboxylic acids is 1. The summed E-state index contributed by atoms with van der Waals surface area (Å²) in [5.41, 5.74) is -0.582. The van der Waals surface area contributed by atoms with Crippen molar-refractivity contribution in [2.75, 3.05) is 11.9 Å². The zero-order chi connectivity index (χ0) is 17.6. The molecule has 0 atom stereocenters. The number of carbonyl (C=O) groups is 1. The zero-order valence-electron chi connectivity index (χ0n) is 14.4. The van der Waals surface area contributed by atoms with Gasteiger partial charge < -0.3 is 20.5 Å². The number of hydrogen-bond donors (Lipinski definition) is 3. The lowest BCUT2D eigenvalue weighted by atomic mass is 9.95.